The molecule has 1 aromatic rings. The van der Waals surface area contributed by atoms with Crippen LogP contribution in [0, 0.1) is 31.1 Å². The summed E-state index contributed by atoms with van der Waals surface area (Å²) < 4.78 is 0. The molecule has 1 aliphatic heterocycles. The third-order valence-electron chi connectivity index (χ3n) is 3.75. The quantitative estimate of drug-likeness (QED) is 0.837. The van der Waals surface area contributed by atoms with E-state index in [0.29, 0.717) is 30.4 Å². The van der Waals surface area contributed by atoms with Gasteiger partial charge in [-0.15, -0.1) is 5.10 Å². The van der Waals surface area contributed by atoms with Crippen LogP contribution in [0.3, 0.4) is 0 Å². The molecule has 0 aliphatic carbocycles. The average molecular weight is 287 g/mol. The molecule has 6 nitrogen and oxygen atoms in total. The summed E-state index contributed by atoms with van der Waals surface area (Å²) >= 11 is 0. The lowest BCUT2D eigenvalue weighted by Crippen LogP contribution is -2.51. The molecule has 2 rings (SSSR count). The molecule has 1 aromatic heterocycles. The maximum absolute atomic E-state index is 12.2. The van der Waals surface area contributed by atoms with Crippen molar-refractivity contribution in [2.45, 2.75) is 27.7 Å². The van der Waals surface area contributed by atoms with E-state index in [0.717, 1.165) is 17.8 Å². The summed E-state index contributed by atoms with van der Waals surface area (Å²) in [6, 6.07) is 2.19. The molecule has 2 heterocycles. The Morgan fingerprint density at radius 3 is 2.57 bits per heavy atom. The number of anilines is 1. The predicted molar refractivity (Wildman–Crippen MR) is 79.9 cm³/mol. The number of hydrogen-bond acceptors (Lipinski definition) is 5. The molecule has 0 unspecified atom stereocenters. The van der Waals surface area contributed by atoms with Gasteiger partial charge in [0.05, 0.1) is 12.2 Å². The van der Waals surface area contributed by atoms with Gasteiger partial charge in [0, 0.05) is 19.6 Å². The van der Waals surface area contributed by atoms with Crippen LogP contribution in [0.1, 0.15) is 30.7 Å². The number of piperazine rings is 1. The summed E-state index contributed by atoms with van der Waals surface area (Å²) in [5, 5.41) is 17.6. The second-order valence-electron chi connectivity index (χ2n) is 5.88. The van der Waals surface area contributed by atoms with Gasteiger partial charge in [-0.3, -0.25) is 4.79 Å². The summed E-state index contributed by atoms with van der Waals surface area (Å²) in [6.45, 7) is 10.3. The van der Waals surface area contributed by atoms with Gasteiger partial charge in [0.2, 0.25) is 5.91 Å². The Balaban J connectivity index is 2.21. The number of rotatable bonds is 3. The molecule has 0 bridgehead atoms. The SMILES string of the molecule is Cc1nnc(N2CCN(CC(C)C)C(=O)C2)c(C#N)c1C. The molecule has 112 valence electrons. The topological polar surface area (TPSA) is 73.1 Å². The highest BCUT2D eigenvalue weighted by Crippen LogP contribution is 2.22. The fourth-order valence-corrected chi connectivity index (χ4v) is 2.47. The van der Waals surface area contributed by atoms with E-state index in [1.165, 1.54) is 0 Å². The van der Waals surface area contributed by atoms with Crippen LogP contribution in [0.15, 0.2) is 0 Å². The minimum atomic E-state index is 0.0823. The molecule has 0 N–H and O–H groups in total. The number of nitrogens with zero attached hydrogens (tertiary/aromatic N) is 5. The van der Waals surface area contributed by atoms with Crippen molar-refractivity contribution < 1.29 is 4.79 Å². The standard InChI is InChI=1S/C15H21N5O/c1-10(2)8-19-5-6-20(9-14(19)21)15-13(7-16)11(3)12(4)17-18-15/h10H,5-6,8-9H2,1-4H3. The van der Waals surface area contributed by atoms with E-state index in [9.17, 15) is 10.1 Å². The number of nitriles is 1. The lowest BCUT2D eigenvalue weighted by Gasteiger charge is -2.36. The number of amides is 1. The van der Waals surface area contributed by atoms with E-state index in [4.69, 9.17) is 0 Å². The molecular formula is C15H21N5O. The Morgan fingerprint density at radius 2 is 2.00 bits per heavy atom. The van der Waals surface area contributed by atoms with Gasteiger partial charge < -0.3 is 9.80 Å². The largest absolute Gasteiger partial charge is 0.343 e. The lowest BCUT2D eigenvalue weighted by atomic mass is 10.1. The Hall–Kier alpha value is -2.16. The van der Waals surface area contributed by atoms with Crippen LogP contribution in [0.4, 0.5) is 5.82 Å². The first-order chi connectivity index (χ1) is 9.93. The summed E-state index contributed by atoms with van der Waals surface area (Å²) in [6.07, 6.45) is 0. The maximum atomic E-state index is 12.2. The summed E-state index contributed by atoms with van der Waals surface area (Å²) in [5.74, 6) is 1.06. The summed E-state index contributed by atoms with van der Waals surface area (Å²) in [4.78, 5) is 16.0. The zero-order valence-corrected chi connectivity index (χ0v) is 13.1. The van der Waals surface area contributed by atoms with E-state index in [-0.39, 0.29) is 12.5 Å². The summed E-state index contributed by atoms with van der Waals surface area (Å²) in [5.41, 5.74) is 2.10. The van der Waals surface area contributed by atoms with Crippen molar-refractivity contribution in [1.82, 2.24) is 15.1 Å². The fraction of sp³-hybridized carbons (Fsp3) is 0.600. The van der Waals surface area contributed by atoms with Gasteiger partial charge in [0.15, 0.2) is 5.82 Å². The first-order valence-corrected chi connectivity index (χ1v) is 7.20. The van der Waals surface area contributed by atoms with Crippen molar-refractivity contribution in [2.24, 2.45) is 5.92 Å². The highest BCUT2D eigenvalue weighted by Gasteiger charge is 2.27. The molecule has 0 aromatic carbocycles. The van der Waals surface area contributed by atoms with E-state index >= 15 is 0 Å². The highest BCUT2D eigenvalue weighted by molar-refractivity contribution is 5.83. The monoisotopic (exact) mass is 287 g/mol. The van der Waals surface area contributed by atoms with Crippen molar-refractivity contribution >= 4 is 11.7 Å². The minimum Gasteiger partial charge on any atom is -0.343 e. The number of carbonyl (C=O) groups excluding carboxylic acids is 1. The minimum absolute atomic E-state index is 0.0823. The van der Waals surface area contributed by atoms with E-state index in [1.54, 1.807) is 0 Å². The Morgan fingerprint density at radius 1 is 1.29 bits per heavy atom. The Bertz CT molecular complexity index is 590. The first kappa shape index (κ1) is 15.2. The van der Waals surface area contributed by atoms with E-state index in [2.05, 4.69) is 30.1 Å². The fourth-order valence-electron chi connectivity index (χ4n) is 2.47. The molecular weight excluding hydrogens is 266 g/mol. The van der Waals surface area contributed by atoms with Gasteiger partial charge in [-0.25, -0.2) is 0 Å². The Kier molecular flexibility index (Phi) is 4.41. The number of aryl methyl sites for hydroxylation is 1. The van der Waals surface area contributed by atoms with Crippen molar-refractivity contribution in [2.75, 3.05) is 31.1 Å². The smallest absolute Gasteiger partial charge is 0.242 e. The normalized spacial score (nSPS) is 15.5. The van der Waals surface area contributed by atoms with Gasteiger partial charge in [-0.1, -0.05) is 13.8 Å². The average Bonchev–Trinajstić information content (AvgIpc) is 2.43. The van der Waals surface area contributed by atoms with E-state index in [1.807, 2.05) is 23.6 Å². The van der Waals surface area contributed by atoms with Crippen molar-refractivity contribution in [3.63, 3.8) is 0 Å². The second-order valence-corrected chi connectivity index (χ2v) is 5.88. The van der Waals surface area contributed by atoms with Gasteiger partial charge in [-0.05, 0) is 25.3 Å². The van der Waals surface area contributed by atoms with Crippen molar-refractivity contribution in [3.05, 3.63) is 16.8 Å². The highest BCUT2D eigenvalue weighted by atomic mass is 16.2. The lowest BCUT2D eigenvalue weighted by molar-refractivity contribution is -0.131. The molecule has 0 atom stereocenters. The molecule has 6 heteroatoms. The van der Waals surface area contributed by atoms with Crippen LogP contribution in [0.2, 0.25) is 0 Å². The summed E-state index contributed by atoms with van der Waals surface area (Å²) in [7, 11) is 0. The second kappa shape index (κ2) is 6.08. The van der Waals surface area contributed by atoms with Crippen LogP contribution in [-0.2, 0) is 4.79 Å². The molecule has 0 spiro atoms. The number of hydrogen-bond donors (Lipinski definition) is 0. The van der Waals surface area contributed by atoms with Crippen LogP contribution >= 0.6 is 0 Å². The number of carbonyl (C=O) groups is 1. The van der Waals surface area contributed by atoms with Gasteiger partial charge in [0.1, 0.15) is 11.6 Å². The molecule has 1 fully saturated rings. The van der Waals surface area contributed by atoms with Crippen LogP contribution in [0.25, 0.3) is 0 Å². The molecule has 1 aliphatic rings. The van der Waals surface area contributed by atoms with E-state index < -0.39 is 0 Å². The van der Waals surface area contributed by atoms with Crippen LogP contribution in [-0.4, -0.2) is 47.2 Å². The molecule has 1 saturated heterocycles. The molecule has 0 saturated carbocycles. The third kappa shape index (κ3) is 3.13. The zero-order valence-electron chi connectivity index (χ0n) is 13.1. The third-order valence-corrected chi connectivity index (χ3v) is 3.75. The maximum Gasteiger partial charge on any atom is 0.242 e. The Labute approximate surface area is 125 Å². The van der Waals surface area contributed by atoms with Crippen LogP contribution in [0.5, 0.6) is 0 Å². The molecule has 1 amide bonds. The zero-order chi connectivity index (χ0) is 15.6. The number of aromatic nitrogens is 2. The molecule has 21 heavy (non-hydrogen) atoms. The van der Waals surface area contributed by atoms with Crippen molar-refractivity contribution in [1.29, 1.82) is 5.26 Å². The van der Waals surface area contributed by atoms with Gasteiger partial charge in [-0.2, -0.15) is 10.4 Å². The predicted octanol–water partition coefficient (Wildman–Crippen LogP) is 1.27. The van der Waals surface area contributed by atoms with Gasteiger partial charge >= 0.3 is 0 Å². The first-order valence-electron chi connectivity index (χ1n) is 7.20. The molecule has 0 radical (unpaired) electrons. The van der Waals surface area contributed by atoms with Gasteiger partial charge in [0.25, 0.3) is 0 Å². The van der Waals surface area contributed by atoms with Crippen LogP contribution < -0.4 is 4.90 Å². The van der Waals surface area contributed by atoms with Crippen molar-refractivity contribution in [3.8, 4) is 6.07 Å².